The smallest absolute Gasteiger partial charge is 0.253 e. The van der Waals surface area contributed by atoms with Crippen molar-refractivity contribution in [2.45, 2.75) is 33.6 Å². The Bertz CT molecular complexity index is 563. The third-order valence-electron chi connectivity index (χ3n) is 4.13. The fourth-order valence-electron chi connectivity index (χ4n) is 2.69. The van der Waals surface area contributed by atoms with E-state index in [4.69, 9.17) is 0 Å². The molecule has 0 radical (unpaired) electrons. The zero-order valence-corrected chi connectivity index (χ0v) is 15.6. The number of carbonyl (C=O) groups is 2. The highest BCUT2D eigenvalue weighted by molar-refractivity contribution is 9.10. The molecule has 1 atom stereocenters. The average molecular weight is 381 g/mol. The van der Waals surface area contributed by atoms with Crippen LogP contribution >= 0.6 is 15.9 Å². The van der Waals surface area contributed by atoms with Crippen LogP contribution in [0.1, 0.15) is 44.0 Å². The van der Waals surface area contributed by atoms with E-state index in [0.717, 1.165) is 23.9 Å². The van der Waals surface area contributed by atoms with E-state index in [1.54, 1.807) is 0 Å². The number of rotatable bonds is 3. The molecule has 0 bridgehead atoms. The van der Waals surface area contributed by atoms with Gasteiger partial charge in [-0.1, -0.05) is 36.7 Å². The van der Waals surface area contributed by atoms with Crippen molar-refractivity contribution in [1.29, 1.82) is 0 Å². The standard InChI is InChI=1S/C18H25BrN2O2/c1-18(2,3)17(23)20-11-13-5-4-10-21(12-13)16(22)14-6-8-15(19)9-7-14/h6-9,13H,4-5,10-12H2,1-3H3,(H,20,23). The minimum absolute atomic E-state index is 0.0638. The molecule has 23 heavy (non-hydrogen) atoms. The number of hydrogen-bond acceptors (Lipinski definition) is 2. The number of piperidine rings is 1. The molecule has 0 spiro atoms. The molecule has 1 fully saturated rings. The molecule has 1 aliphatic heterocycles. The van der Waals surface area contributed by atoms with Crippen LogP contribution in [0.15, 0.2) is 28.7 Å². The maximum Gasteiger partial charge on any atom is 0.253 e. The van der Waals surface area contributed by atoms with Crippen LogP contribution in [0.2, 0.25) is 0 Å². The maximum absolute atomic E-state index is 12.6. The minimum Gasteiger partial charge on any atom is -0.355 e. The quantitative estimate of drug-likeness (QED) is 0.872. The largest absolute Gasteiger partial charge is 0.355 e. The van der Waals surface area contributed by atoms with E-state index < -0.39 is 0 Å². The predicted molar refractivity (Wildman–Crippen MR) is 95.2 cm³/mol. The highest BCUT2D eigenvalue weighted by atomic mass is 79.9. The van der Waals surface area contributed by atoms with Crippen LogP contribution in [0.4, 0.5) is 0 Å². The number of halogens is 1. The topological polar surface area (TPSA) is 49.4 Å². The molecule has 126 valence electrons. The predicted octanol–water partition coefficient (Wildman–Crippen LogP) is 3.46. The lowest BCUT2D eigenvalue weighted by atomic mass is 9.94. The van der Waals surface area contributed by atoms with E-state index in [0.29, 0.717) is 24.6 Å². The second kappa shape index (κ2) is 7.47. The first-order valence-electron chi connectivity index (χ1n) is 8.10. The summed E-state index contributed by atoms with van der Waals surface area (Å²) in [5.74, 6) is 0.465. The molecule has 4 nitrogen and oxygen atoms in total. The van der Waals surface area contributed by atoms with Gasteiger partial charge in [-0.15, -0.1) is 0 Å². The van der Waals surface area contributed by atoms with Crippen molar-refractivity contribution in [3.63, 3.8) is 0 Å². The van der Waals surface area contributed by atoms with Gasteiger partial charge in [0.1, 0.15) is 0 Å². The molecule has 0 aliphatic carbocycles. The van der Waals surface area contributed by atoms with Crippen molar-refractivity contribution in [2.24, 2.45) is 11.3 Å². The summed E-state index contributed by atoms with van der Waals surface area (Å²) in [6.07, 6.45) is 2.03. The Morgan fingerprint density at radius 1 is 1.26 bits per heavy atom. The van der Waals surface area contributed by atoms with Crippen molar-refractivity contribution in [1.82, 2.24) is 10.2 Å². The number of amides is 2. The van der Waals surface area contributed by atoms with E-state index in [-0.39, 0.29) is 17.2 Å². The average Bonchev–Trinajstić information content (AvgIpc) is 2.52. The molecule has 2 amide bonds. The van der Waals surface area contributed by atoms with Crippen LogP contribution in [0.25, 0.3) is 0 Å². The fourth-order valence-corrected chi connectivity index (χ4v) is 2.96. The lowest BCUT2D eigenvalue weighted by Gasteiger charge is -2.33. The molecule has 2 rings (SSSR count). The van der Waals surface area contributed by atoms with Gasteiger partial charge in [0.05, 0.1) is 0 Å². The lowest BCUT2D eigenvalue weighted by Crippen LogP contribution is -2.45. The van der Waals surface area contributed by atoms with Crippen LogP contribution in [0.3, 0.4) is 0 Å². The Balaban J connectivity index is 1.91. The highest BCUT2D eigenvalue weighted by Crippen LogP contribution is 2.20. The normalized spacial score (nSPS) is 18.6. The summed E-state index contributed by atoms with van der Waals surface area (Å²) in [6, 6.07) is 7.46. The molecule has 0 saturated carbocycles. The number of hydrogen-bond donors (Lipinski definition) is 1. The molecule has 1 aromatic carbocycles. The number of carbonyl (C=O) groups excluding carboxylic acids is 2. The summed E-state index contributed by atoms with van der Waals surface area (Å²) in [4.78, 5) is 26.5. The molecule has 1 unspecified atom stereocenters. The first-order valence-corrected chi connectivity index (χ1v) is 8.90. The molecule has 1 aromatic rings. The third kappa shape index (κ3) is 5.06. The van der Waals surface area contributed by atoms with Crippen molar-refractivity contribution in [3.05, 3.63) is 34.3 Å². The molecule has 5 heteroatoms. The van der Waals surface area contributed by atoms with Gasteiger partial charge in [-0.05, 0) is 43.0 Å². The molecule has 1 saturated heterocycles. The number of nitrogens with one attached hydrogen (secondary N) is 1. The first kappa shape index (κ1) is 18.0. The second-order valence-electron chi connectivity index (χ2n) is 7.23. The zero-order valence-electron chi connectivity index (χ0n) is 14.1. The van der Waals surface area contributed by atoms with Crippen LogP contribution in [0.5, 0.6) is 0 Å². The number of benzene rings is 1. The fraction of sp³-hybridized carbons (Fsp3) is 0.556. The van der Waals surface area contributed by atoms with E-state index in [1.807, 2.05) is 49.9 Å². The van der Waals surface area contributed by atoms with Crippen LogP contribution in [0, 0.1) is 11.3 Å². The van der Waals surface area contributed by atoms with Crippen LogP contribution < -0.4 is 5.32 Å². The summed E-state index contributed by atoms with van der Waals surface area (Å²) in [7, 11) is 0. The van der Waals surface area contributed by atoms with Gasteiger partial charge in [-0.2, -0.15) is 0 Å². The van der Waals surface area contributed by atoms with Gasteiger partial charge < -0.3 is 10.2 Å². The maximum atomic E-state index is 12.6. The molecule has 1 N–H and O–H groups in total. The van der Waals surface area contributed by atoms with Gasteiger partial charge in [-0.3, -0.25) is 9.59 Å². The van der Waals surface area contributed by atoms with Gasteiger partial charge in [0.2, 0.25) is 5.91 Å². The van der Waals surface area contributed by atoms with E-state index in [9.17, 15) is 9.59 Å². The van der Waals surface area contributed by atoms with E-state index >= 15 is 0 Å². The summed E-state index contributed by atoms with van der Waals surface area (Å²) in [5.41, 5.74) is 0.342. The summed E-state index contributed by atoms with van der Waals surface area (Å²) in [6.45, 7) is 7.86. The van der Waals surface area contributed by atoms with Crippen LogP contribution in [-0.4, -0.2) is 36.3 Å². The van der Waals surface area contributed by atoms with E-state index in [1.165, 1.54) is 0 Å². The molecular weight excluding hydrogens is 356 g/mol. The molecule has 1 heterocycles. The second-order valence-corrected chi connectivity index (χ2v) is 8.14. The highest BCUT2D eigenvalue weighted by Gasteiger charge is 2.26. The number of nitrogens with zero attached hydrogens (tertiary/aromatic N) is 1. The van der Waals surface area contributed by atoms with Crippen molar-refractivity contribution >= 4 is 27.7 Å². The van der Waals surface area contributed by atoms with Crippen molar-refractivity contribution in [3.8, 4) is 0 Å². The molecule has 0 aromatic heterocycles. The van der Waals surface area contributed by atoms with Crippen molar-refractivity contribution in [2.75, 3.05) is 19.6 Å². The summed E-state index contributed by atoms with van der Waals surface area (Å²) in [5, 5.41) is 3.02. The van der Waals surface area contributed by atoms with Gasteiger partial charge in [0.15, 0.2) is 0 Å². The Kier molecular flexibility index (Phi) is 5.84. The summed E-state index contributed by atoms with van der Waals surface area (Å²) >= 11 is 3.39. The monoisotopic (exact) mass is 380 g/mol. The Morgan fingerprint density at radius 2 is 1.91 bits per heavy atom. The zero-order chi connectivity index (χ0) is 17.0. The summed E-state index contributed by atoms with van der Waals surface area (Å²) < 4.78 is 0.968. The SMILES string of the molecule is CC(C)(C)C(=O)NCC1CCCN(C(=O)c2ccc(Br)cc2)C1. The van der Waals surface area contributed by atoms with Gasteiger partial charge in [0.25, 0.3) is 5.91 Å². The van der Waals surface area contributed by atoms with Crippen LogP contribution in [-0.2, 0) is 4.79 Å². The first-order chi connectivity index (χ1) is 10.8. The number of likely N-dealkylation sites (tertiary alicyclic amines) is 1. The third-order valence-corrected chi connectivity index (χ3v) is 4.66. The molecular formula is C18H25BrN2O2. The Labute approximate surface area is 146 Å². The molecule has 1 aliphatic rings. The van der Waals surface area contributed by atoms with Gasteiger partial charge in [0, 0.05) is 35.1 Å². The van der Waals surface area contributed by atoms with E-state index in [2.05, 4.69) is 21.2 Å². The minimum atomic E-state index is -0.373. The van der Waals surface area contributed by atoms with Gasteiger partial charge >= 0.3 is 0 Å². The lowest BCUT2D eigenvalue weighted by molar-refractivity contribution is -0.128. The Hall–Kier alpha value is -1.36. The van der Waals surface area contributed by atoms with Crippen molar-refractivity contribution < 1.29 is 9.59 Å². The Morgan fingerprint density at radius 3 is 2.52 bits per heavy atom. The van der Waals surface area contributed by atoms with Gasteiger partial charge in [-0.25, -0.2) is 0 Å².